The Morgan fingerprint density at radius 2 is 2.12 bits per heavy atom. The number of carbonyl (C=O) groups excluding carboxylic acids is 1. The van der Waals surface area contributed by atoms with Crippen LogP contribution in [-0.2, 0) is 11.4 Å². The van der Waals surface area contributed by atoms with Crippen LogP contribution in [0.4, 0.5) is 5.69 Å². The number of aliphatic hydroxyl groups excluding tert-OH is 1. The van der Waals surface area contributed by atoms with Crippen molar-refractivity contribution >= 4 is 11.6 Å². The van der Waals surface area contributed by atoms with Crippen molar-refractivity contribution in [1.29, 1.82) is 0 Å². The fourth-order valence-electron chi connectivity index (χ4n) is 1.84. The number of nitrogens with zero attached hydrogens (tertiary/aromatic N) is 1. The van der Waals surface area contributed by atoms with E-state index in [1.54, 1.807) is 44.0 Å². The average molecular weight is 221 g/mol. The van der Waals surface area contributed by atoms with E-state index in [0.29, 0.717) is 11.4 Å². The summed E-state index contributed by atoms with van der Waals surface area (Å²) in [6.45, 7) is 3.45. The molecule has 16 heavy (non-hydrogen) atoms. The highest BCUT2D eigenvalue weighted by molar-refractivity contribution is 6.01. The van der Waals surface area contributed by atoms with Crippen LogP contribution in [0.25, 0.3) is 0 Å². The first-order valence-electron chi connectivity index (χ1n) is 5.16. The number of amides is 1. The van der Waals surface area contributed by atoms with E-state index in [2.05, 4.69) is 0 Å². The number of hydrogen-bond acceptors (Lipinski definition) is 3. The van der Waals surface area contributed by atoms with E-state index in [1.807, 2.05) is 0 Å². The summed E-state index contributed by atoms with van der Waals surface area (Å²) in [5, 5.41) is 9.05. The van der Waals surface area contributed by atoms with Gasteiger partial charge in [-0.25, -0.2) is 0 Å². The molecule has 1 amide bonds. The minimum atomic E-state index is -0.831. The molecular weight excluding hydrogens is 206 g/mol. The van der Waals surface area contributed by atoms with Crippen molar-refractivity contribution < 1.29 is 14.6 Å². The molecule has 2 rings (SSSR count). The number of benzene rings is 1. The second-order valence-electron chi connectivity index (χ2n) is 4.44. The number of hydrogen-bond donors (Lipinski definition) is 1. The number of aliphatic hydroxyl groups is 1. The Bertz CT molecular complexity index is 440. The lowest BCUT2D eigenvalue weighted by atomic mass is 10.0. The normalized spacial score (nSPS) is 18.0. The second kappa shape index (κ2) is 3.49. The molecule has 1 aliphatic rings. The quantitative estimate of drug-likeness (QED) is 0.778. The van der Waals surface area contributed by atoms with Crippen molar-refractivity contribution in [2.75, 3.05) is 11.9 Å². The van der Waals surface area contributed by atoms with Crippen LogP contribution in [0, 0.1) is 0 Å². The molecule has 0 atom stereocenters. The highest BCUT2D eigenvalue weighted by Crippen LogP contribution is 2.37. The summed E-state index contributed by atoms with van der Waals surface area (Å²) in [7, 11) is 1.71. The third-order valence-corrected chi connectivity index (χ3v) is 2.75. The van der Waals surface area contributed by atoms with E-state index in [9.17, 15) is 4.79 Å². The summed E-state index contributed by atoms with van der Waals surface area (Å²) in [6, 6.07) is 5.34. The van der Waals surface area contributed by atoms with Crippen LogP contribution in [-0.4, -0.2) is 23.7 Å². The Morgan fingerprint density at radius 3 is 2.75 bits per heavy atom. The van der Waals surface area contributed by atoms with Crippen molar-refractivity contribution in [3.05, 3.63) is 23.8 Å². The van der Waals surface area contributed by atoms with Gasteiger partial charge < -0.3 is 14.7 Å². The molecule has 4 nitrogen and oxygen atoms in total. The third-order valence-electron chi connectivity index (χ3n) is 2.75. The Morgan fingerprint density at radius 1 is 1.44 bits per heavy atom. The molecule has 0 bridgehead atoms. The third kappa shape index (κ3) is 1.55. The number of rotatable bonds is 1. The highest BCUT2D eigenvalue weighted by Gasteiger charge is 2.39. The van der Waals surface area contributed by atoms with E-state index in [-0.39, 0.29) is 12.5 Å². The molecule has 4 heteroatoms. The largest absolute Gasteiger partial charge is 0.476 e. The monoisotopic (exact) mass is 221 g/mol. The van der Waals surface area contributed by atoms with Crippen LogP contribution in [0.2, 0.25) is 0 Å². The maximum absolute atomic E-state index is 11.9. The summed E-state index contributed by atoms with van der Waals surface area (Å²) >= 11 is 0. The lowest BCUT2D eigenvalue weighted by Crippen LogP contribution is -2.50. The first-order chi connectivity index (χ1) is 7.45. The zero-order valence-corrected chi connectivity index (χ0v) is 9.65. The Hall–Kier alpha value is -1.55. The summed E-state index contributed by atoms with van der Waals surface area (Å²) in [5.74, 6) is 0.583. The SMILES string of the molecule is CN1C(=O)C(C)(C)Oc2ccc(CO)cc21. The lowest BCUT2D eigenvalue weighted by Gasteiger charge is -2.37. The topological polar surface area (TPSA) is 49.8 Å². The van der Waals surface area contributed by atoms with E-state index in [4.69, 9.17) is 9.84 Å². The van der Waals surface area contributed by atoms with E-state index < -0.39 is 5.60 Å². The minimum Gasteiger partial charge on any atom is -0.476 e. The van der Waals surface area contributed by atoms with Gasteiger partial charge in [0, 0.05) is 7.05 Å². The molecule has 86 valence electrons. The molecule has 1 aromatic carbocycles. The van der Waals surface area contributed by atoms with E-state index in [0.717, 1.165) is 5.56 Å². The Labute approximate surface area is 94.4 Å². The van der Waals surface area contributed by atoms with Crippen molar-refractivity contribution in [3.8, 4) is 5.75 Å². The predicted molar refractivity (Wildman–Crippen MR) is 60.5 cm³/mol. The Kier molecular flexibility index (Phi) is 2.39. The molecular formula is C12H15NO3. The van der Waals surface area contributed by atoms with Gasteiger partial charge in [-0.2, -0.15) is 0 Å². The predicted octanol–water partition coefficient (Wildman–Crippen LogP) is 1.31. The molecule has 0 unspecified atom stereocenters. The summed E-state index contributed by atoms with van der Waals surface area (Å²) in [5.41, 5.74) is 0.639. The summed E-state index contributed by atoms with van der Waals surface area (Å²) in [4.78, 5) is 13.5. The number of carbonyl (C=O) groups is 1. The molecule has 0 saturated carbocycles. The van der Waals surface area contributed by atoms with Gasteiger partial charge in [0.15, 0.2) is 5.60 Å². The molecule has 0 saturated heterocycles. The summed E-state index contributed by atoms with van der Waals surface area (Å²) in [6.07, 6.45) is 0. The van der Waals surface area contributed by atoms with Gasteiger partial charge >= 0.3 is 0 Å². The first-order valence-corrected chi connectivity index (χ1v) is 5.16. The van der Waals surface area contributed by atoms with Gasteiger partial charge in [-0.3, -0.25) is 4.79 Å². The number of ether oxygens (including phenoxy) is 1. The first kappa shape index (κ1) is 11.0. The van der Waals surface area contributed by atoms with Gasteiger partial charge in [0.25, 0.3) is 5.91 Å². The van der Waals surface area contributed by atoms with Crippen LogP contribution in [0.1, 0.15) is 19.4 Å². The lowest BCUT2D eigenvalue weighted by molar-refractivity contribution is -0.132. The molecule has 0 aliphatic carbocycles. The van der Waals surface area contributed by atoms with Crippen molar-refractivity contribution in [2.45, 2.75) is 26.1 Å². The zero-order chi connectivity index (χ0) is 11.9. The number of anilines is 1. The number of fused-ring (bicyclic) bond motifs is 1. The fraction of sp³-hybridized carbons (Fsp3) is 0.417. The Balaban J connectivity index is 2.51. The van der Waals surface area contributed by atoms with Gasteiger partial charge in [0.05, 0.1) is 12.3 Å². The zero-order valence-electron chi connectivity index (χ0n) is 9.65. The fourth-order valence-corrected chi connectivity index (χ4v) is 1.84. The minimum absolute atomic E-state index is 0.0430. The van der Waals surface area contributed by atoms with Crippen LogP contribution >= 0.6 is 0 Å². The molecule has 1 aromatic rings. The van der Waals surface area contributed by atoms with Crippen molar-refractivity contribution in [1.82, 2.24) is 0 Å². The maximum Gasteiger partial charge on any atom is 0.270 e. The van der Waals surface area contributed by atoms with Gasteiger partial charge in [0.2, 0.25) is 0 Å². The van der Waals surface area contributed by atoms with E-state index >= 15 is 0 Å². The molecule has 0 aromatic heterocycles. The van der Waals surface area contributed by atoms with Crippen molar-refractivity contribution in [2.24, 2.45) is 0 Å². The molecule has 1 heterocycles. The molecule has 1 N–H and O–H groups in total. The van der Waals surface area contributed by atoms with Crippen molar-refractivity contribution in [3.63, 3.8) is 0 Å². The van der Waals surface area contributed by atoms with E-state index in [1.165, 1.54) is 0 Å². The van der Waals surface area contributed by atoms with Gasteiger partial charge in [-0.15, -0.1) is 0 Å². The average Bonchev–Trinajstić information content (AvgIpc) is 2.25. The van der Waals surface area contributed by atoms with Gasteiger partial charge in [-0.1, -0.05) is 6.07 Å². The number of likely N-dealkylation sites (N-methyl/N-ethyl adjacent to an activating group) is 1. The second-order valence-corrected chi connectivity index (χ2v) is 4.44. The molecule has 0 radical (unpaired) electrons. The highest BCUT2D eigenvalue weighted by atomic mass is 16.5. The van der Waals surface area contributed by atoms with Gasteiger partial charge in [-0.05, 0) is 31.5 Å². The van der Waals surface area contributed by atoms with Crippen LogP contribution in [0.3, 0.4) is 0 Å². The van der Waals surface area contributed by atoms with Crippen LogP contribution in [0.15, 0.2) is 18.2 Å². The van der Waals surface area contributed by atoms with Gasteiger partial charge in [0.1, 0.15) is 5.75 Å². The molecule has 0 spiro atoms. The summed E-state index contributed by atoms with van der Waals surface area (Å²) < 4.78 is 5.63. The smallest absolute Gasteiger partial charge is 0.270 e. The standard InChI is InChI=1S/C12H15NO3/c1-12(2)11(15)13(3)9-6-8(7-14)4-5-10(9)16-12/h4-6,14H,7H2,1-3H3. The van der Waals surface area contributed by atoms with Crippen LogP contribution < -0.4 is 9.64 Å². The van der Waals surface area contributed by atoms with Crippen LogP contribution in [0.5, 0.6) is 5.75 Å². The molecule has 0 fully saturated rings. The molecule has 1 aliphatic heterocycles. The maximum atomic E-state index is 11.9.